The average molecular weight is 371 g/mol. The Balaban J connectivity index is 1.65. The van der Waals surface area contributed by atoms with Crippen LogP contribution in [-0.2, 0) is 6.18 Å². The van der Waals surface area contributed by atoms with Gasteiger partial charge in [-0.05, 0) is 47.5 Å². The zero-order valence-electron chi connectivity index (χ0n) is 13.3. The number of fused-ring (bicyclic) bond motifs is 1. The van der Waals surface area contributed by atoms with Crippen LogP contribution in [0, 0.1) is 0 Å². The van der Waals surface area contributed by atoms with Crippen LogP contribution in [0.15, 0.2) is 82.7 Å². The first-order valence-corrected chi connectivity index (χ1v) is 8.58. The van der Waals surface area contributed by atoms with E-state index in [4.69, 9.17) is 0 Å². The van der Waals surface area contributed by atoms with E-state index < -0.39 is 12.0 Å². The van der Waals surface area contributed by atoms with E-state index in [0.717, 1.165) is 19.8 Å². The van der Waals surface area contributed by atoms with E-state index in [-0.39, 0.29) is 5.65 Å². The highest BCUT2D eigenvalue weighted by Crippen LogP contribution is 2.31. The number of nitrogens with zero attached hydrogens (tertiary/aromatic N) is 3. The fourth-order valence-corrected chi connectivity index (χ4v) is 3.43. The van der Waals surface area contributed by atoms with E-state index in [1.807, 2.05) is 54.6 Å². The Morgan fingerprint density at radius 3 is 2.08 bits per heavy atom. The number of hydrogen-bond donors (Lipinski definition) is 0. The highest BCUT2D eigenvalue weighted by atomic mass is 32.2. The lowest BCUT2D eigenvalue weighted by atomic mass is 10.1. The second-order valence-electron chi connectivity index (χ2n) is 5.61. The van der Waals surface area contributed by atoms with Gasteiger partial charge in [-0.3, -0.25) is 4.40 Å². The first-order chi connectivity index (χ1) is 12.5. The summed E-state index contributed by atoms with van der Waals surface area (Å²) in [6.45, 7) is 0. The molecule has 0 unspecified atom stereocenters. The molecule has 3 nitrogen and oxygen atoms in total. The number of halogens is 3. The molecule has 2 aromatic carbocycles. The van der Waals surface area contributed by atoms with Crippen molar-refractivity contribution in [2.24, 2.45) is 0 Å². The van der Waals surface area contributed by atoms with Gasteiger partial charge in [0.05, 0.1) is 0 Å². The first kappa shape index (κ1) is 16.7. The van der Waals surface area contributed by atoms with Gasteiger partial charge in [-0.2, -0.15) is 13.2 Å². The molecule has 130 valence electrons. The molecule has 0 aliphatic heterocycles. The van der Waals surface area contributed by atoms with Gasteiger partial charge in [0.2, 0.25) is 5.82 Å². The van der Waals surface area contributed by atoms with Crippen molar-refractivity contribution in [3.8, 4) is 11.1 Å². The maximum Gasteiger partial charge on any atom is 0.452 e. The molecule has 7 heteroatoms. The molecule has 4 aromatic rings. The van der Waals surface area contributed by atoms with Gasteiger partial charge in [0.15, 0.2) is 5.65 Å². The Hall–Kier alpha value is -2.80. The van der Waals surface area contributed by atoms with Crippen LogP contribution in [0.4, 0.5) is 13.2 Å². The van der Waals surface area contributed by atoms with Crippen molar-refractivity contribution in [2.75, 3.05) is 0 Å². The van der Waals surface area contributed by atoms with Crippen LogP contribution < -0.4 is 0 Å². The van der Waals surface area contributed by atoms with E-state index in [1.165, 1.54) is 12.3 Å². The predicted molar refractivity (Wildman–Crippen MR) is 94.0 cm³/mol. The van der Waals surface area contributed by atoms with Crippen LogP contribution in [0.3, 0.4) is 0 Å². The second kappa shape index (κ2) is 6.49. The van der Waals surface area contributed by atoms with E-state index in [2.05, 4.69) is 10.2 Å². The van der Waals surface area contributed by atoms with Crippen molar-refractivity contribution in [3.05, 3.63) is 78.8 Å². The van der Waals surface area contributed by atoms with Crippen LogP contribution >= 0.6 is 11.8 Å². The summed E-state index contributed by atoms with van der Waals surface area (Å²) in [5.74, 6) is -1.02. The lowest BCUT2D eigenvalue weighted by Gasteiger charge is -2.07. The highest BCUT2D eigenvalue weighted by Gasteiger charge is 2.36. The molecule has 0 saturated heterocycles. The molecule has 0 aliphatic rings. The van der Waals surface area contributed by atoms with Crippen LogP contribution in [0.2, 0.25) is 0 Å². The van der Waals surface area contributed by atoms with Gasteiger partial charge in [-0.1, -0.05) is 42.1 Å². The lowest BCUT2D eigenvalue weighted by molar-refractivity contribution is -0.145. The SMILES string of the molecule is FC(F)(F)c1nnc2ccc(-c3ccc(Sc4ccccc4)cc3)cn12. The Morgan fingerprint density at radius 2 is 1.38 bits per heavy atom. The van der Waals surface area contributed by atoms with Gasteiger partial charge < -0.3 is 0 Å². The van der Waals surface area contributed by atoms with Crippen LogP contribution in [0.5, 0.6) is 0 Å². The maximum absolute atomic E-state index is 13.0. The minimum atomic E-state index is -4.55. The number of alkyl halides is 3. The number of pyridine rings is 1. The van der Waals surface area contributed by atoms with Gasteiger partial charge >= 0.3 is 6.18 Å². The van der Waals surface area contributed by atoms with E-state index in [0.29, 0.717) is 5.56 Å². The van der Waals surface area contributed by atoms with E-state index in [1.54, 1.807) is 17.8 Å². The Labute approximate surface area is 151 Å². The van der Waals surface area contributed by atoms with Crippen LogP contribution in [0.25, 0.3) is 16.8 Å². The Bertz CT molecular complexity index is 1040. The van der Waals surface area contributed by atoms with Gasteiger partial charge in [-0.15, -0.1) is 10.2 Å². The number of hydrogen-bond acceptors (Lipinski definition) is 3. The summed E-state index contributed by atoms with van der Waals surface area (Å²) in [7, 11) is 0. The Kier molecular flexibility index (Phi) is 4.16. The van der Waals surface area contributed by atoms with E-state index in [9.17, 15) is 13.2 Å². The van der Waals surface area contributed by atoms with Gasteiger partial charge in [-0.25, -0.2) is 0 Å². The zero-order chi connectivity index (χ0) is 18.1. The average Bonchev–Trinajstić information content (AvgIpc) is 3.07. The van der Waals surface area contributed by atoms with Gasteiger partial charge in [0.25, 0.3) is 0 Å². The van der Waals surface area contributed by atoms with Crippen molar-refractivity contribution in [2.45, 2.75) is 16.0 Å². The summed E-state index contributed by atoms with van der Waals surface area (Å²) in [6.07, 6.45) is -3.13. The largest absolute Gasteiger partial charge is 0.452 e. The summed E-state index contributed by atoms with van der Waals surface area (Å²) in [4.78, 5) is 2.18. The fourth-order valence-electron chi connectivity index (χ4n) is 2.59. The topological polar surface area (TPSA) is 30.2 Å². The minimum absolute atomic E-state index is 0.164. The molecule has 2 aromatic heterocycles. The van der Waals surface area contributed by atoms with Crippen molar-refractivity contribution >= 4 is 17.4 Å². The molecule has 0 N–H and O–H groups in total. The molecule has 0 spiro atoms. The van der Waals surface area contributed by atoms with E-state index >= 15 is 0 Å². The van der Waals surface area contributed by atoms with Crippen molar-refractivity contribution in [1.29, 1.82) is 0 Å². The molecule has 26 heavy (non-hydrogen) atoms. The summed E-state index contributed by atoms with van der Waals surface area (Å²) in [5.41, 5.74) is 1.66. The Morgan fingerprint density at radius 1 is 0.731 bits per heavy atom. The van der Waals surface area contributed by atoms with Crippen molar-refractivity contribution < 1.29 is 13.2 Å². The number of benzene rings is 2. The third kappa shape index (κ3) is 3.30. The predicted octanol–water partition coefficient (Wildman–Crippen LogP) is 5.57. The van der Waals surface area contributed by atoms with Gasteiger partial charge in [0, 0.05) is 16.0 Å². The number of aromatic nitrogens is 3. The highest BCUT2D eigenvalue weighted by molar-refractivity contribution is 7.99. The molecule has 0 amide bonds. The lowest BCUT2D eigenvalue weighted by Crippen LogP contribution is -2.10. The summed E-state index contributed by atoms with van der Waals surface area (Å²) >= 11 is 1.63. The quantitative estimate of drug-likeness (QED) is 0.472. The summed E-state index contributed by atoms with van der Waals surface area (Å²) in [5, 5.41) is 6.82. The smallest absolute Gasteiger partial charge is 0.278 e. The molecular formula is C19H12F3N3S. The summed E-state index contributed by atoms with van der Waals surface area (Å²) < 4.78 is 40.0. The molecule has 0 bridgehead atoms. The third-order valence-corrected chi connectivity index (χ3v) is 4.84. The molecule has 4 rings (SSSR count). The molecule has 0 saturated carbocycles. The molecular weight excluding hydrogens is 359 g/mol. The first-order valence-electron chi connectivity index (χ1n) is 7.76. The molecule has 0 radical (unpaired) electrons. The van der Waals surface area contributed by atoms with Crippen molar-refractivity contribution in [3.63, 3.8) is 0 Å². The van der Waals surface area contributed by atoms with Gasteiger partial charge in [0.1, 0.15) is 0 Å². The van der Waals surface area contributed by atoms with Crippen molar-refractivity contribution in [1.82, 2.24) is 14.6 Å². The molecule has 0 fully saturated rings. The normalized spacial score (nSPS) is 11.8. The monoisotopic (exact) mass is 371 g/mol. The third-order valence-electron chi connectivity index (χ3n) is 3.82. The summed E-state index contributed by atoms with van der Waals surface area (Å²) in [6, 6.07) is 20.9. The number of rotatable bonds is 3. The maximum atomic E-state index is 13.0. The molecule has 0 atom stereocenters. The standard InChI is InChI=1S/C19H12F3N3S/c20-19(21,22)18-24-23-17-11-8-14(12-25(17)18)13-6-9-16(10-7-13)26-15-4-2-1-3-5-15/h1-12H. The molecule has 2 heterocycles. The second-order valence-corrected chi connectivity index (χ2v) is 6.75. The zero-order valence-corrected chi connectivity index (χ0v) is 14.1. The molecule has 0 aliphatic carbocycles. The fraction of sp³-hybridized carbons (Fsp3) is 0.0526. The van der Waals surface area contributed by atoms with Crippen LogP contribution in [0.1, 0.15) is 5.82 Å². The van der Waals surface area contributed by atoms with Crippen LogP contribution in [-0.4, -0.2) is 14.6 Å². The minimum Gasteiger partial charge on any atom is -0.278 e.